The topological polar surface area (TPSA) is 79.5 Å². The molecule has 164 valence electrons. The second kappa shape index (κ2) is 8.51. The summed E-state index contributed by atoms with van der Waals surface area (Å²) in [6, 6.07) is 21.0. The van der Waals surface area contributed by atoms with Gasteiger partial charge in [0.1, 0.15) is 5.75 Å². The summed E-state index contributed by atoms with van der Waals surface area (Å²) in [5.41, 5.74) is 3.01. The number of aromatic nitrogens is 1. The lowest BCUT2D eigenvalue weighted by Crippen LogP contribution is -2.33. The van der Waals surface area contributed by atoms with Crippen molar-refractivity contribution in [3.8, 4) is 5.75 Å². The first-order valence-corrected chi connectivity index (χ1v) is 11.6. The van der Waals surface area contributed by atoms with Crippen LogP contribution >= 0.6 is 0 Å². The molecule has 0 aliphatic rings. The van der Waals surface area contributed by atoms with Crippen molar-refractivity contribution in [3.63, 3.8) is 0 Å². The molecule has 0 bridgehead atoms. The van der Waals surface area contributed by atoms with Crippen LogP contribution in [0.3, 0.4) is 0 Å². The number of hydrogen-bond acceptors (Lipinski definition) is 4. The van der Waals surface area contributed by atoms with Gasteiger partial charge in [0.25, 0.3) is 15.6 Å². The first kappa shape index (κ1) is 21.6. The number of benzene rings is 3. The van der Waals surface area contributed by atoms with Crippen LogP contribution in [0.1, 0.15) is 16.7 Å². The highest BCUT2D eigenvalue weighted by Gasteiger charge is 2.28. The molecule has 0 unspecified atom stereocenters. The molecule has 0 aliphatic carbocycles. The first-order valence-electron chi connectivity index (χ1n) is 10.2. The molecule has 7 heteroatoms. The van der Waals surface area contributed by atoms with Gasteiger partial charge in [0.2, 0.25) is 0 Å². The van der Waals surface area contributed by atoms with Crippen molar-refractivity contribution < 1.29 is 13.2 Å². The molecule has 4 aromatic rings. The van der Waals surface area contributed by atoms with Crippen molar-refractivity contribution in [1.82, 2.24) is 4.98 Å². The van der Waals surface area contributed by atoms with E-state index >= 15 is 0 Å². The van der Waals surface area contributed by atoms with Crippen LogP contribution in [0.2, 0.25) is 0 Å². The molecule has 0 fully saturated rings. The van der Waals surface area contributed by atoms with E-state index in [0.717, 1.165) is 22.0 Å². The fourth-order valence-corrected chi connectivity index (χ4v) is 5.13. The molecular weight excluding hydrogens is 424 g/mol. The Balaban J connectivity index is 1.89. The molecule has 0 saturated heterocycles. The highest BCUT2D eigenvalue weighted by Crippen LogP contribution is 2.33. The molecular formula is C25H24N2O4S. The number of aromatic amines is 1. The number of pyridine rings is 1. The van der Waals surface area contributed by atoms with Gasteiger partial charge in [0.05, 0.1) is 29.8 Å². The largest absolute Gasteiger partial charge is 0.495 e. The van der Waals surface area contributed by atoms with Crippen LogP contribution in [0, 0.1) is 13.8 Å². The number of H-pyrrole nitrogens is 1. The van der Waals surface area contributed by atoms with E-state index in [9.17, 15) is 13.2 Å². The summed E-state index contributed by atoms with van der Waals surface area (Å²) < 4.78 is 34.1. The summed E-state index contributed by atoms with van der Waals surface area (Å²) in [5, 5.41) is 0.840. The summed E-state index contributed by atoms with van der Waals surface area (Å²) in [6.45, 7) is 3.67. The van der Waals surface area contributed by atoms with Gasteiger partial charge >= 0.3 is 0 Å². The minimum atomic E-state index is -3.98. The Kier molecular flexibility index (Phi) is 5.76. The van der Waals surface area contributed by atoms with Gasteiger partial charge in [-0.1, -0.05) is 48.0 Å². The van der Waals surface area contributed by atoms with Gasteiger partial charge in [-0.3, -0.25) is 9.10 Å². The molecule has 0 spiro atoms. The van der Waals surface area contributed by atoms with Gasteiger partial charge in [0, 0.05) is 5.56 Å². The summed E-state index contributed by atoms with van der Waals surface area (Å²) in [4.78, 5) is 15.9. The first-order chi connectivity index (χ1) is 15.3. The second-order valence-electron chi connectivity index (χ2n) is 7.66. The monoisotopic (exact) mass is 448 g/mol. The maximum Gasteiger partial charge on any atom is 0.264 e. The summed E-state index contributed by atoms with van der Waals surface area (Å²) in [6.07, 6.45) is 0. The van der Waals surface area contributed by atoms with E-state index in [1.165, 1.54) is 11.4 Å². The predicted octanol–water partition coefficient (Wildman–Crippen LogP) is 4.55. The predicted molar refractivity (Wildman–Crippen MR) is 127 cm³/mol. The average molecular weight is 449 g/mol. The zero-order valence-corrected chi connectivity index (χ0v) is 18.9. The van der Waals surface area contributed by atoms with Crippen LogP contribution in [-0.2, 0) is 16.6 Å². The number of hydrogen-bond donors (Lipinski definition) is 1. The summed E-state index contributed by atoms with van der Waals surface area (Å²) in [7, 11) is -2.49. The van der Waals surface area contributed by atoms with Gasteiger partial charge in [-0.2, -0.15) is 0 Å². The Morgan fingerprint density at radius 1 is 0.938 bits per heavy atom. The average Bonchev–Trinajstić information content (AvgIpc) is 2.78. The molecule has 1 aromatic heterocycles. The number of aryl methyl sites for hydroxylation is 2. The fourth-order valence-electron chi connectivity index (χ4n) is 3.67. The molecule has 0 amide bonds. The standard InChI is InChI=1S/C25H24N2O4S/c1-17-11-13-21(14-12-17)32(29,30)27(22-9-4-5-10-23(22)31-3)16-20-15-19-8-6-7-18(2)24(19)26-25(20)28/h4-15H,16H2,1-3H3,(H,26,28). The Hall–Kier alpha value is -3.58. The molecule has 4 rings (SSSR count). The summed E-state index contributed by atoms with van der Waals surface area (Å²) in [5.74, 6) is 0.399. The Labute approximate surface area is 187 Å². The lowest BCUT2D eigenvalue weighted by Gasteiger charge is -2.26. The lowest BCUT2D eigenvalue weighted by atomic mass is 10.1. The fraction of sp³-hybridized carbons (Fsp3) is 0.160. The zero-order valence-electron chi connectivity index (χ0n) is 18.1. The number of nitrogens with zero attached hydrogens (tertiary/aromatic N) is 1. The number of sulfonamides is 1. The van der Waals surface area contributed by atoms with Gasteiger partial charge in [-0.05, 0) is 55.1 Å². The van der Waals surface area contributed by atoms with Crippen LogP contribution < -0.4 is 14.6 Å². The van der Waals surface area contributed by atoms with E-state index < -0.39 is 10.0 Å². The van der Waals surface area contributed by atoms with Crippen LogP contribution in [0.5, 0.6) is 5.75 Å². The SMILES string of the molecule is COc1ccccc1N(Cc1cc2cccc(C)c2[nH]c1=O)S(=O)(=O)c1ccc(C)cc1. The van der Waals surface area contributed by atoms with Crippen molar-refractivity contribution in [2.45, 2.75) is 25.3 Å². The molecule has 1 N–H and O–H groups in total. The molecule has 1 heterocycles. The number of rotatable bonds is 6. The third-order valence-electron chi connectivity index (χ3n) is 5.44. The maximum absolute atomic E-state index is 13.7. The third kappa shape index (κ3) is 3.99. The molecule has 0 radical (unpaired) electrons. The van der Waals surface area contributed by atoms with Crippen molar-refractivity contribution in [3.05, 3.63) is 99.8 Å². The molecule has 0 atom stereocenters. The number of anilines is 1. The van der Waals surface area contributed by atoms with Gasteiger partial charge in [-0.25, -0.2) is 8.42 Å². The van der Waals surface area contributed by atoms with Crippen LogP contribution in [0.4, 0.5) is 5.69 Å². The quantitative estimate of drug-likeness (QED) is 0.469. The van der Waals surface area contributed by atoms with Gasteiger partial charge in [0.15, 0.2) is 0 Å². The summed E-state index contributed by atoms with van der Waals surface area (Å²) >= 11 is 0. The van der Waals surface area contributed by atoms with E-state index in [0.29, 0.717) is 17.0 Å². The molecule has 0 aliphatic heterocycles. The van der Waals surface area contributed by atoms with E-state index in [1.807, 2.05) is 32.0 Å². The van der Waals surface area contributed by atoms with E-state index in [2.05, 4.69) is 4.98 Å². The molecule has 6 nitrogen and oxygen atoms in total. The van der Waals surface area contributed by atoms with E-state index in [4.69, 9.17) is 4.74 Å². The highest BCUT2D eigenvalue weighted by atomic mass is 32.2. The zero-order chi connectivity index (χ0) is 22.9. The third-order valence-corrected chi connectivity index (χ3v) is 7.22. The molecule has 3 aromatic carbocycles. The van der Waals surface area contributed by atoms with Crippen molar-refractivity contribution >= 4 is 26.6 Å². The minimum absolute atomic E-state index is 0.141. The Bertz CT molecular complexity index is 1440. The lowest BCUT2D eigenvalue weighted by molar-refractivity contribution is 0.415. The van der Waals surface area contributed by atoms with Gasteiger partial charge < -0.3 is 9.72 Å². The maximum atomic E-state index is 13.7. The number of fused-ring (bicyclic) bond motifs is 1. The molecule has 32 heavy (non-hydrogen) atoms. The minimum Gasteiger partial charge on any atom is -0.495 e. The van der Waals surface area contributed by atoms with E-state index in [-0.39, 0.29) is 17.0 Å². The number of para-hydroxylation sites is 3. The van der Waals surface area contributed by atoms with E-state index in [1.54, 1.807) is 54.6 Å². The van der Waals surface area contributed by atoms with Crippen LogP contribution in [-0.4, -0.2) is 20.5 Å². The number of methoxy groups -OCH3 is 1. The Morgan fingerprint density at radius 3 is 2.38 bits per heavy atom. The normalized spacial score (nSPS) is 11.5. The number of ether oxygens (including phenoxy) is 1. The van der Waals surface area contributed by atoms with Crippen molar-refractivity contribution in [2.75, 3.05) is 11.4 Å². The van der Waals surface area contributed by atoms with Crippen LogP contribution in [0.25, 0.3) is 10.9 Å². The smallest absolute Gasteiger partial charge is 0.264 e. The van der Waals surface area contributed by atoms with Crippen LogP contribution in [0.15, 0.2) is 82.5 Å². The van der Waals surface area contributed by atoms with Crippen molar-refractivity contribution in [2.24, 2.45) is 0 Å². The highest BCUT2D eigenvalue weighted by molar-refractivity contribution is 7.92. The molecule has 0 saturated carbocycles. The number of nitrogens with one attached hydrogen (secondary N) is 1. The van der Waals surface area contributed by atoms with Crippen molar-refractivity contribution in [1.29, 1.82) is 0 Å². The Morgan fingerprint density at radius 2 is 1.66 bits per heavy atom. The second-order valence-corrected chi connectivity index (χ2v) is 9.52. The van der Waals surface area contributed by atoms with Gasteiger partial charge in [-0.15, -0.1) is 0 Å².